The highest BCUT2D eigenvalue weighted by molar-refractivity contribution is 9.10. The number of aryl methyl sites for hydroxylation is 1. The van der Waals surface area contributed by atoms with E-state index in [2.05, 4.69) is 31.9 Å². The number of nitrogens with one attached hydrogen (secondary N) is 3. The van der Waals surface area contributed by atoms with Crippen molar-refractivity contribution in [2.24, 2.45) is 0 Å². The molecule has 3 amide bonds. The minimum Gasteiger partial charge on any atom is -0.325 e. The molecule has 0 unspecified atom stereocenters. The number of rotatable bonds is 9. The molecule has 39 heavy (non-hydrogen) atoms. The van der Waals surface area contributed by atoms with Gasteiger partial charge in [-0.25, -0.2) is 0 Å². The van der Waals surface area contributed by atoms with Gasteiger partial charge in [0.1, 0.15) is 5.70 Å². The van der Waals surface area contributed by atoms with Gasteiger partial charge in [-0.3, -0.25) is 14.4 Å². The summed E-state index contributed by atoms with van der Waals surface area (Å²) in [6.45, 7) is 1.96. The molecule has 0 fully saturated rings. The summed E-state index contributed by atoms with van der Waals surface area (Å²) in [5.41, 5.74) is 3.70. The van der Waals surface area contributed by atoms with Crippen LogP contribution in [0.2, 0.25) is 0 Å². The van der Waals surface area contributed by atoms with Gasteiger partial charge in [0.2, 0.25) is 5.91 Å². The Morgan fingerprint density at radius 3 is 2.15 bits per heavy atom. The molecule has 6 nitrogen and oxygen atoms in total. The average Bonchev–Trinajstić information content (AvgIpc) is 2.94. The minimum atomic E-state index is -0.449. The normalized spacial score (nSPS) is 11.0. The maximum Gasteiger partial charge on any atom is 0.272 e. The lowest BCUT2D eigenvalue weighted by Crippen LogP contribution is -2.30. The molecular formula is C31H26BrN3O3S. The zero-order valence-corrected chi connectivity index (χ0v) is 23.5. The number of hydrogen-bond acceptors (Lipinski definition) is 4. The number of thioether (sulfide) groups is 1. The third kappa shape index (κ3) is 8.70. The Morgan fingerprint density at radius 1 is 0.795 bits per heavy atom. The fraction of sp³-hybridized carbons (Fsp3) is 0.0645. The number of benzene rings is 4. The van der Waals surface area contributed by atoms with Crippen LogP contribution in [0.3, 0.4) is 0 Å². The van der Waals surface area contributed by atoms with Crippen molar-refractivity contribution in [2.45, 2.75) is 11.8 Å². The Balaban J connectivity index is 1.40. The van der Waals surface area contributed by atoms with Crippen molar-refractivity contribution in [3.8, 4) is 0 Å². The Kier molecular flexibility index (Phi) is 9.72. The molecule has 0 aliphatic heterocycles. The highest BCUT2D eigenvalue weighted by atomic mass is 79.9. The third-order valence-corrected chi connectivity index (χ3v) is 7.03. The zero-order valence-electron chi connectivity index (χ0n) is 21.1. The van der Waals surface area contributed by atoms with Crippen LogP contribution in [0.4, 0.5) is 11.4 Å². The van der Waals surface area contributed by atoms with E-state index in [1.807, 2.05) is 73.7 Å². The number of carbonyl (C=O) groups is 3. The van der Waals surface area contributed by atoms with Crippen LogP contribution >= 0.6 is 27.7 Å². The largest absolute Gasteiger partial charge is 0.325 e. The van der Waals surface area contributed by atoms with Crippen molar-refractivity contribution in [2.75, 3.05) is 16.4 Å². The number of carbonyl (C=O) groups excluding carboxylic acids is 3. The van der Waals surface area contributed by atoms with E-state index in [-0.39, 0.29) is 23.3 Å². The van der Waals surface area contributed by atoms with E-state index in [9.17, 15) is 14.4 Å². The minimum absolute atomic E-state index is 0.111. The van der Waals surface area contributed by atoms with E-state index in [0.717, 1.165) is 26.2 Å². The molecule has 0 aliphatic carbocycles. The van der Waals surface area contributed by atoms with Crippen LogP contribution in [0.5, 0.6) is 0 Å². The van der Waals surface area contributed by atoms with Crippen LogP contribution in [0, 0.1) is 6.92 Å². The predicted molar refractivity (Wildman–Crippen MR) is 162 cm³/mol. The van der Waals surface area contributed by atoms with Crippen LogP contribution in [0.15, 0.2) is 118 Å². The van der Waals surface area contributed by atoms with Crippen molar-refractivity contribution >= 4 is 62.9 Å². The second kappa shape index (κ2) is 13.6. The Hall–Kier alpha value is -4.14. The van der Waals surface area contributed by atoms with Crippen LogP contribution in [-0.4, -0.2) is 23.5 Å². The first-order valence-corrected chi connectivity index (χ1v) is 13.9. The molecule has 196 valence electrons. The average molecular weight is 601 g/mol. The van der Waals surface area contributed by atoms with E-state index >= 15 is 0 Å². The Labute approximate surface area is 240 Å². The standard InChI is InChI=1S/C31H26BrN3O3S/c1-21-6-5-7-22(18-21)19-28(35-30(37)23-8-3-2-4-9-23)31(38)34-26-14-16-27(17-15-26)39-20-29(36)33-25-12-10-24(32)11-13-25/h2-19H,20H2,1H3,(H,33,36)(H,34,38)(H,35,37)/b28-19-. The van der Waals surface area contributed by atoms with E-state index in [1.54, 1.807) is 42.5 Å². The van der Waals surface area contributed by atoms with Crippen molar-refractivity contribution in [1.82, 2.24) is 5.32 Å². The van der Waals surface area contributed by atoms with Gasteiger partial charge in [0.15, 0.2) is 0 Å². The summed E-state index contributed by atoms with van der Waals surface area (Å²) in [5.74, 6) is -0.691. The molecule has 0 radical (unpaired) electrons. The van der Waals surface area contributed by atoms with Crippen molar-refractivity contribution < 1.29 is 14.4 Å². The highest BCUT2D eigenvalue weighted by Crippen LogP contribution is 2.22. The Bertz CT molecular complexity index is 1490. The van der Waals surface area contributed by atoms with Crippen molar-refractivity contribution in [3.63, 3.8) is 0 Å². The lowest BCUT2D eigenvalue weighted by molar-refractivity contribution is -0.114. The summed E-state index contributed by atoms with van der Waals surface area (Å²) in [6.07, 6.45) is 1.65. The second-order valence-electron chi connectivity index (χ2n) is 8.61. The van der Waals surface area contributed by atoms with Gasteiger partial charge in [-0.2, -0.15) is 0 Å². The predicted octanol–water partition coefficient (Wildman–Crippen LogP) is 6.90. The second-order valence-corrected chi connectivity index (χ2v) is 10.6. The van der Waals surface area contributed by atoms with Gasteiger partial charge in [-0.15, -0.1) is 11.8 Å². The number of hydrogen-bond donors (Lipinski definition) is 3. The first-order chi connectivity index (χ1) is 18.9. The molecule has 0 saturated heterocycles. The SMILES string of the molecule is Cc1cccc(/C=C(\NC(=O)c2ccccc2)C(=O)Nc2ccc(SCC(=O)Nc3ccc(Br)cc3)cc2)c1. The van der Waals surface area contributed by atoms with Gasteiger partial charge in [-0.1, -0.05) is 64.0 Å². The molecule has 0 bridgehead atoms. The first kappa shape index (κ1) is 27.9. The number of amides is 3. The van der Waals surface area contributed by atoms with Crippen LogP contribution in [-0.2, 0) is 9.59 Å². The molecule has 4 aromatic rings. The smallest absolute Gasteiger partial charge is 0.272 e. The third-order valence-electron chi connectivity index (χ3n) is 5.49. The van der Waals surface area contributed by atoms with E-state index in [1.165, 1.54) is 11.8 Å². The summed E-state index contributed by atoms with van der Waals surface area (Å²) in [6, 6.07) is 31.0. The van der Waals surface area contributed by atoms with Crippen LogP contribution in [0.25, 0.3) is 6.08 Å². The van der Waals surface area contributed by atoms with Crippen LogP contribution in [0.1, 0.15) is 21.5 Å². The van der Waals surface area contributed by atoms with E-state index < -0.39 is 5.91 Å². The van der Waals surface area contributed by atoms with Crippen molar-refractivity contribution in [3.05, 3.63) is 130 Å². The maximum atomic E-state index is 13.2. The highest BCUT2D eigenvalue weighted by Gasteiger charge is 2.15. The summed E-state index contributed by atoms with van der Waals surface area (Å²) in [4.78, 5) is 39.2. The number of halogens is 1. The van der Waals surface area contributed by atoms with Gasteiger partial charge < -0.3 is 16.0 Å². The van der Waals surface area contributed by atoms with Gasteiger partial charge >= 0.3 is 0 Å². The Morgan fingerprint density at radius 2 is 1.46 bits per heavy atom. The fourth-order valence-electron chi connectivity index (χ4n) is 3.58. The zero-order chi connectivity index (χ0) is 27.6. The van der Waals surface area contributed by atoms with Gasteiger partial charge in [0.05, 0.1) is 5.75 Å². The summed E-state index contributed by atoms with van der Waals surface area (Å²) in [7, 11) is 0. The van der Waals surface area contributed by atoms with Gasteiger partial charge in [0.25, 0.3) is 11.8 Å². The lowest BCUT2D eigenvalue weighted by atomic mass is 10.1. The molecule has 4 rings (SSSR count). The molecule has 0 spiro atoms. The summed E-state index contributed by atoms with van der Waals surface area (Å²) in [5, 5.41) is 8.46. The van der Waals surface area contributed by atoms with Gasteiger partial charge in [-0.05, 0) is 79.2 Å². The fourth-order valence-corrected chi connectivity index (χ4v) is 4.54. The van der Waals surface area contributed by atoms with Gasteiger partial charge in [0, 0.05) is 26.3 Å². The molecule has 0 heterocycles. The molecule has 0 aromatic heterocycles. The topological polar surface area (TPSA) is 87.3 Å². The quantitative estimate of drug-likeness (QED) is 0.144. The van der Waals surface area contributed by atoms with E-state index in [4.69, 9.17) is 0 Å². The first-order valence-electron chi connectivity index (χ1n) is 12.1. The molecule has 3 N–H and O–H groups in total. The molecule has 0 saturated carbocycles. The maximum absolute atomic E-state index is 13.2. The molecular weight excluding hydrogens is 574 g/mol. The molecule has 0 aliphatic rings. The lowest BCUT2D eigenvalue weighted by Gasteiger charge is -2.12. The molecule has 4 aromatic carbocycles. The number of anilines is 2. The van der Waals surface area contributed by atoms with Crippen LogP contribution < -0.4 is 16.0 Å². The summed E-state index contributed by atoms with van der Waals surface area (Å²) < 4.78 is 0.943. The molecule has 8 heteroatoms. The van der Waals surface area contributed by atoms with Crippen molar-refractivity contribution in [1.29, 1.82) is 0 Å². The molecule has 0 atom stereocenters. The summed E-state index contributed by atoms with van der Waals surface area (Å²) >= 11 is 4.77. The van der Waals surface area contributed by atoms with E-state index in [0.29, 0.717) is 11.3 Å². The monoisotopic (exact) mass is 599 g/mol.